The number of rotatable bonds is 0. The molecule has 0 radical (unpaired) electrons. The van der Waals surface area contributed by atoms with Gasteiger partial charge >= 0.3 is 0 Å². The molecule has 0 amide bonds. The first-order valence-corrected chi connectivity index (χ1v) is 3.56. The van der Waals surface area contributed by atoms with E-state index < -0.39 is 0 Å². The van der Waals surface area contributed by atoms with Gasteiger partial charge in [-0.2, -0.15) is 0 Å². The summed E-state index contributed by atoms with van der Waals surface area (Å²) in [7, 11) is 0. The van der Waals surface area contributed by atoms with E-state index in [9.17, 15) is 0 Å². The van der Waals surface area contributed by atoms with Crippen molar-refractivity contribution in [2.75, 3.05) is 0 Å². The number of nitrogens with zero attached hydrogens (tertiary/aromatic N) is 1. The number of fused-ring (bicyclic) bond motifs is 1. The molecule has 13 heavy (non-hydrogen) atoms. The minimum atomic E-state index is 0. The summed E-state index contributed by atoms with van der Waals surface area (Å²) in [6.07, 6.45) is 1.50. The van der Waals surface area contributed by atoms with Crippen LogP contribution >= 0.6 is 12.4 Å². The molecule has 0 unspecified atom stereocenters. The van der Waals surface area contributed by atoms with Crippen LogP contribution in [0.3, 0.4) is 0 Å². The van der Waals surface area contributed by atoms with Gasteiger partial charge in [-0.15, -0.1) is 12.4 Å². The van der Waals surface area contributed by atoms with Crippen molar-refractivity contribution in [1.29, 1.82) is 0 Å². The van der Waals surface area contributed by atoms with E-state index in [1.54, 1.807) is 6.07 Å². The van der Waals surface area contributed by atoms with Crippen LogP contribution in [-0.2, 0) is 0 Å². The zero-order chi connectivity index (χ0) is 8.39. The summed E-state index contributed by atoms with van der Waals surface area (Å²) in [5.74, 6) is 0. The standard InChI is InChI=1S/C9H7NO2.ClH/c11-10-8-5-6-12-9-4-2-1-3-7(8)9;/h1-6,11H;1H/b10-8+;. The molecule has 0 atom stereocenters. The molecule has 0 aliphatic rings. The summed E-state index contributed by atoms with van der Waals surface area (Å²) in [4.78, 5) is 0. The third-order valence-electron chi connectivity index (χ3n) is 1.69. The van der Waals surface area contributed by atoms with Gasteiger partial charge in [0.25, 0.3) is 0 Å². The summed E-state index contributed by atoms with van der Waals surface area (Å²) < 4.78 is 5.18. The molecule has 0 saturated heterocycles. The van der Waals surface area contributed by atoms with E-state index in [1.165, 1.54) is 6.26 Å². The average Bonchev–Trinajstić information content (AvgIpc) is 2.17. The second kappa shape index (κ2) is 3.96. The maximum atomic E-state index is 8.62. The smallest absolute Gasteiger partial charge is 0.136 e. The summed E-state index contributed by atoms with van der Waals surface area (Å²) in [5.41, 5.74) is 0.716. The van der Waals surface area contributed by atoms with Crippen LogP contribution in [0.25, 0.3) is 11.0 Å². The molecular formula is C9H8ClNO2. The van der Waals surface area contributed by atoms with Crippen LogP contribution in [0.2, 0.25) is 0 Å². The van der Waals surface area contributed by atoms with Crippen molar-refractivity contribution >= 4 is 23.4 Å². The Bertz CT molecular complexity index is 459. The molecule has 1 N–H and O–H groups in total. The van der Waals surface area contributed by atoms with E-state index in [0.717, 1.165) is 5.39 Å². The van der Waals surface area contributed by atoms with Crippen molar-refractivity contribution in [3.05, 3.63) is 42.0 Å². The Balaban J connectivity index is 0.000000845. The lowest BCUT2D eigenvalue weighted by atomic mass is 10.2. The first kappa shape index (κ1) is 9.61. The molecule has 1 aromatic carbocycles. The number of hydrogen-bond donors (Lipinski definition) is 1. The molecule has 1 heterocycles. The minimum Gasteiger partial charge on any atom is -0.464 e. The fraction of sp³-hybridized carbons (Fsp3) is 0. The summed E-state index contributed by atoms with van der Waals surface area (Å²) in [6, 6.07) is 9.01. The number of hydrogen-bond acceptors (Lipinski definition) is 3. The van der Waals surface area contributed by atoms with E-state index >= 15 is 0 Å². The average molecular weight is 198 g/mol. The minimum absolute atomic E-state index is 0. The van der Waals surface area contributed by atoms with E-state index in [1.807, 2.05) is 24.3 Å². The highest BCUT2D eigenvalue weighted by Gasteiger charge is 1.94. The third-order valence-corrected chi connectivity index (χ3v) is 1.69. The summed E-state index contributed by atoms with van der Waals surface area (Å²) >= 11 is 0. The fourth-order valence-corrected chi connectivity index (χ4v) is 1.13. The van der Waals surface area contributed by atoms with Gasteiger partial charge in [0.1, 0.15) is 10.9 Å². The second-order valence-electron chi connectivity index (χ2n) is 2.40. The van der Waals surface area contributed by atoms with Crippen LogP contribution in [-0.4, -0.2) is 5.21 Å². The molecule has 0 fully saturated rings. The number of benzene rings is 1. The van der Waals surface area contributed by atoms with Gasteiger partial charge in [0, 0.05) is 11.5 Å². The first-order chi connectivity index (χ1) is 5.92. The third kappa shape index (κ3) is 1.65. The van der Waals surface area contributed by atoms with E-state index in [0.29, 0.717) is 10.9 Å². The summed E-state index contributed by atoms with van der Waals surface area (Å²) in [6.45, 7) is 0. The van der Waals surface area contributed by atoms with Crippen LogP contribution < -0.4 is 5.36 Å². The van der Waals surface area contributed by atoms with Gasteiger partial charge in [-0.25, -0.2) is 0 Å². The highest BCUT2D eigenvalue weighted by Crippen LogP contribution is 2.07. The maximum Gasteiger partial charge on any atom is 0.136 e. The monoisotopic (exact) mass is 197 g/mol. The quantitative estimate of drug-likeness (QED) is 0.520. The Morgan fingerprint density at radius 1 is 1.15 bits per heavy atom. The van der Waals surface area contributed by atoms with E-state index in [4.69, 9.17) is 9.62 Å². The highest BCUT2D eigenvalue weighted by atomic mass is 35.5. The lowest BCUT2D eigenvalue weighted by Crippen LogP contribution is -2.00. The van der Waals surface area contributed by atoms with Crippen LogP contribution in [0.15, 0.2) is 46.2 Å². The Labute approximate surface area is 80.7 Å². The summed E-state index contributed by atoms with van der Waals surface area (Å²) in [5, 5.41) is 13.1. The van der Waals surface area contributed by atoms with Crippen LogP contribution in [0.1, 0.15) is 0 Å². The van der Waals surface area contributed by atoms with Gasteiger partial charge in [0.15, 0.2) is 0 Å². The van der Waals surface area contributed by atoms with Crippen LogP contribution in [0.4, 0.5) is 0 Å². The zero-order valence-electron chi connectivity index (χ0n) is 6.68. The van der Waals surface area contributed by atoms with E-state index in [-0.39, 0.29) is 12.4 Å². The molecule has 0 bridgehead atoms. The van der Waals surface area contributed by atoms with Crippen molar-refractivity contribution in [2.24, 2.45) is 5.16 Å². The predicted octanol–water partition coefficient (Wildman–Crippen LogP) is 2.14. The highest BCUT2D eigenvalue weighted by molar-refractivity contribution is 5.85. The van der Waals surface area contributed by atoms with Crippen molar-refractivity contribution in [3.8, 4) is 0 Å². The van der Waals surface area contributed by atoms with Crippen molar-refractivity contribution < 1.29 is 9.62 Å². The second-order valence-corrected chi connectivity index (χ2v) is 2.40. The predicted molar refractivity (Wildman–Crippen MR) is 50.8 cm³/mol. The Hall–Kier alpha value is -1.48. The van der Waals surface area contributed by atoms with Gasteiger partial charge < -0.3 is 9.62 Å². The topological polar surface area (TPSA) is 45.7 Å². The SMILES string of the molecule is Cl.O/N=c1\ccoc2ccccc12. The van der Waals surface area contributed by atoms with Gasteiger partial charge in [0.05, 0.1) is 6.26 Å². The molecule has 2 aromatic rings. The van der Waals surface area contributed by atoms with Crippen molar-refractivity contribution in [3.63, 3.8) is 0 Å². The largest absolute Gasteiger partial charge is 0.464 e. The lowest BCUT2D eigenvalue weighted by molar-refractivity contribution is 0.302. The molecule has 3 nitrogen and oxygen atoms in total. The molecular weight excluding hydrogens is 190 g/mol. The fourth-order valence-electron chi connectivity index (χ4n) is 1.13. The Morgan fingerprint density at radius 3 is 2.69 bits per heavy atom. The van der Waals surface area contributed by atoms with Crippen molar-refractivity contribution in [1.82, 2.24) is 0 Å². The molecule has 68 valence electrons. The first-order valence-electron chi connectivity index (χ1n) is 3.56. The van der Waals surface area contributed by atoms with Crippen molar-refractivity contribution in [2.45, 2.75) is 0 Å². The normalized spacial score (nSPS) is 11.2. The van der Waals surface area contributed by atoms with Gasteiger partial charge in [-0.1, -0.05) is 17.3 Å². The molecule has 4 heteroatoms. The van der Waals surface area contributed by atoms with E-state index in [2.05, 4.69) is 5.16 Å². The van der Waals surface area contributed by atoms with Crippen LogP contribution in [0.5, 0.6) is 0 Å². The number of para-hydroxylation sites is 1. The molecule has 1 aromatic heterocycles. The molecule has 0 saturated carbocycles. The lowest BCUT2D eigenvalue weighted by Gasteiger charge is -1.93. The molecule has 0 aliphatic heterocycles. The Morgan fingerprint density at radius 2 is 1.92 bits per heavy atom. The Kier molecular flexibility index (Phi) is 2.93. The zero-order valence-corrected chi connectivity index (χ0v) is 7.49. The maximum absolute atomic E-state index is 8.62. The van der Waals surface area contributed by atoms with Gasteiger partial charge in [-0.3, -0.25) is 0 Å². The molecule has 0 spiro atoms. The molecule has 0 aliphatic carbocycles. The number of halogens is 1. The van der Waals surface area contributed by atoms with Crippen LogP contribution in [0, 0.1) is 0 Å². The van der Waals surface area contributed by atoms with Gasteiger partial charge in [0.2, 0.25) is 0 Å². The van der Waals surface area contributed by atoms with Gasteiger partial charge in [-0.05, 0) is 12.1 Å². The molecule has 2 rings (SSSR count).